The van der Waals surface area contributed by atoms with Gasteiger partial charge in [-0.15, -0.1) is 0 Å². The molecule has 2 nitrogen and oxygen atoms in total. The van der Waals surface area contributed by atoms with Crippen LogP contribution < -0.4 is 0 Å². The van der Waals surface area contributed by atoms with Crippen LogP contribution in [-0.2, 0) is 4.79 Å². The Morgan fingerprint density at radius 3 is 2.46 bits per heavy atom. The maximum absolute atomic E-state index is 12.8. The van der Waals surface area contributed by atoms with Crippen LogP contribution in [0.2, 0.25) is 0 Å². The van der Waals surface area contributed by atoms with Crippen molar-refractivity contribution >= 4 is 5.78 Å². The third-order valence-corrected chi connectivity index (χ3v) is 9.13. The Morgan fingerprint density at radius 1 is 1.00 bits per heavy atom. The molecule has 0 heterocycles. The van der Waals surface area contributed by atoms with Gasteiger partial charge in [0.1, 0.15) is 0 Å². The van der Waals surface area contributed by atoms with Crippen molar-refractivity contribution in [2.75, 3.05) is 0 Å². The van der Waals surface area contributed by atoms with Crippen LogP contribution in [0.4, 0.5) is 0 Å². The van der Waals surface area contributed by atoms with Crippen molar-refractivity contribution in [3.63, 3.8) is 0 Å². The molecule has 5 unspecified atom stereocenters. The molecule has 0 amide bonds. The molecule has 0 aromatic rings. The van der Waals surface area contributed by atoms with Crippen molar-refractivity contribution in [2.24, 2.45) is 39.9 Å². The number of carbonyl (C=O) groups is 1. The normalized spacial score (nSPS) is 51.8. The molecule has 24 heavy (non-hydrogen) atoms. The number of hydrogen-bond acceptors (Lipinski definition) is 2. The van der Waals surface area contributed by atoms with Crippen LogP contribution in [-0.4, -0.2) is 10.9 Å². The summed E-state index contributed by atoms with van der Waals surface area (Å²) in [5, 5.41) is 9.70. The predicted octanol–water partition coefficient (Wildman–Crippen LogP) is 5.68. The fourth-order valence-corrected chi connectivity index (χ4v) is 8.06. The Hall–Kier alpha value is -0.790. The first-order chi connectivity index (χ1) is 11.2. The molecule has 0 bridgehead atoms. The van der Waals surface area contributed by atoms with E-state index in [4.69, 9.17) is 0 Å². The summed E-state index contributed by atoms with van der Waals surface area (Å²) in [4.78, 5) is 12.8. The van der Waals surface area contributed by atoms with Gasteiger partial charge >= 0.3 is 0 Å². The molecule has 0 radical (unpaired) electrons. The average Bonchev–Trinajstić information content (AvgIpc) is 2.93. The average molecular weight is 331 g/mol. The molecule has 0 saturated heterocycles. The van der Waals surface area contributed by atoms with Crippen molar-refractivity contribution < 1.29 is 9.90 Å². The van der Waals surface area contributed by atoms with E-state index < -0.39 is 0 Å². The minimum absolute atomic E-state index is 0.179. The Labute approximate surface area is 147 Å². The number of Topliss-reactive ketones (excluding diaryl/α,β-unsaturated/α-hetero) is 1. The minimum Gasteiger partial charge on any atom is -0.515 e. The smallest absolute Gasteiger partial charge is 0.167 e. The van der Waals surface area contributed by atoms with E-state index in [2.05, 4.69) is 27.7 Å². The summed E-state index contributed by atoms with van der Waals surface area (Å²) in [5.41, 5.74) is 1.11. The third kappa shape index (κ3) is 1.98. The van der Waals surface area contributed by atoms with Gasteiger partial charge in [0.15, 0.2) is 5.78 Å². The van der Waals surface area contributed by atoms with Crippen LogP contribution in [0.25, 0.3) is 0 Å². The minimum atomic E-state index is -0.330. The van der Waals surface area contributed by atoms with E-state index in [-0.39, 0.29) is 16.6 Å². The first-order valence-corrected chi connectivity index (χ1v) is 10.1. The van der Waals surface area contributed by atoms with Gasteiger partial charge in [0.25, 0.3) is 0 Å². The molecule has 0 spiro atoms. The molecule has 6 atom stereocenters. The van der Waals surface area contributed by atoms with Gasteiger partial charge in [-0.25, -0.2) is 0 Å². The van der Waals surface area contributed by atoms with Crippen molar-refractivity contribution in [2.45, 2.75) is 79.1 Å². The molecule has 134 valence electrons. The monoisotopic (exact) mass is 330 g/mol. The van der Waals surface area contributed by atoms with Gasteiger partial charge < -0.3 is 5.11 Å². The summed E-state index contributed by atoms with van der Waals surface area (Å²) in [6, 6.07) is 0. The number of fused-ring (bicyclic) bond motifs is 5. The lowest BCUT2D eigenvalue weighted by atomic mass is 9.41. The van der Waals surface area contributed by atoms with Gasteiger partial charge in [-0.3, -0.25) is 4.79 Å². The number of aliphatic hydroxyl groups is 1. The van der Waals surface area contributed by atoms with Crippen molar-refractivity contribution in [1.29, 1.82) is 0 Å². The number of ketones is 1. The highest BCUT2D eigenvalue weighted by molar-refractivity contribution is 6.00. The van der Waals surface area contributed by atoms with Gasteiger partial charge in [0, 0.05) is 11.0 Å². The number of allylic oxidation sites excluding steroid dienone is 1. The standard InChI is InChI=1S/C22H34O2/c1-20(2)18-8-7-15-16-6-5-10-21(16,3)11-9-17(15)22(18,4)12-14(13-23)19(20)24/h13,15-18,23H,5-12H2,1-4H3/b14-13-/t15?,16?,17?,18-,21?,22?/m0/s1. The largest absolute Gasteiger partial charge is 0.515 e. The van der Waals surface area contributed by atoms with Crippen LogP contribution in [0.5, 0.6) is 0 Å². The zero-order chi connectivity index (χ0) is 17.3. The van der Waals surface area contributed by atoms with Crippen LogP contribution >= 0.6 is 0 Å². The third-order valence-electron chi connectivity index (χ3n) is 9.13. The van der Waals surface area contributed by atoms with Crippen molar-refractivity contribution in [3.8, 4) is 0 Å². The quantitative estimate of drug-likeness (QED) is 0.458. The molecule has 4 saturated carbocycles. The van der Waals surface area contributed by atoms with Crippen molar-refractivity contribution in [3.05, 3.63) is 11.8 Å². The molecule has 1 N–H and O–H groups in total. The van der Waals surface area contributed by atoms with Gasteiger partial charge in [0.2, 0.25) is 0 Å². The summed E-state index contributed by atoms with van der Waals surface area (Å²) < 4.78 is 0. The maximum atomic E-state index is 12.8. The highest BCUT2D eigenvalue weighted by Crippen LogP contribution is 2.68. The van der Waals surface area contributed by atoms with E-state index >= 15 is 0 Å². The van der Waals surface area contributed by atoms with E-state index in [1.54, 1.807) is 0 Å². The number of carbonyl (C=O) groups excluding carboxylic acids is 1. The van der Waals surface area contributed by atoms with Gasteiger partial charge in [-0.05, 0) is 79.4 Å². The zero-order valence-electron chi connectivity index (χ0n) is 15.9. The number of aliphatic hydroxyl groups excluding tert-OH is 1. The van der Waals surface area contributed by atoms with Crippen molar-refractivity contribution in [1.82, 2.24) is 0 Å². The zero-order valence-corrected chi connectivity index (χ0v) is 15.9. The molecule has 0 aromatic carbocycles. The van der Waals surface area contributed by atoms with E-state index in [0.29, 0.717) is 16.9 Å². The maximum Gasteiger partial charge on any atom is 0.167 e. The predicted molar refractivity (Wildman–Crippen MR) is 96.6 cm³/mol. The fourth-order valence-electron chi connectivity index (χ4n) is 8.06. The number of hydrogen-bond donors (Lipinski definition) is 1. The summed E-state index contributed by atoms with van der Waals surface area (Å²) in [7, 11) is 0. The molecule has 4 fully saturated rings. The Kier molecular flexibility index (Phi) is 3.55. The fraction of sp³-hybridized carbons (Fsp3) is 0.864. The highest BCUT2D eigenvalue weighted by Gasteiger charge is 2.62. The Balaban J connectivity index is 1.73. The molecule has 2 heteroatoms. The van der Waals surface area contributed by atoms with Gasteiger partial charge in [0.05, 0.1) is 6.26 Å². The molecule has 4 aliphatic carbocycles. The first-order valence-electron chi connectivity index (χ1n) is 10.1. The second-order valence-electron chi connectivity index (χ2n) is 10.5. The Bertz CT molecular complexity index is 589. The molecule has 4 aliphatic rings. The summed E-state index contributed by atoms with van der Waals surface area (Å²) in [6.07, 6.45) is 11.4. The molecule has 0 aromatic heterocycles. The van der Waals surface area contributed by atoms with Crippen LogP contribution in [0, 0.1) is 39.9 Å². The van der Waals surface area contributed by atoms with Crippen LogP contribution in [0.1, 0.15) is 79.1 Å². The molecular formula is C22H34O2. The van der Waals surface area contributed by atoms with Crippen LogP contribution in [0.3, 0.4) is 0 Å². The molecule has 0 aliphatic heterocycles. The topological polar surface area (TPSA) is 37.3 Å². The lowest BCUT2D eigenvalue weighted by Gasteiger charge is -2.63. The van der Waals surface area contributed by atoms with E-state index in [1.807, 2.05) is 0 Å². The Morgan fingerprint density at radius 2 is 1.75 bits per heavy atom. The van der Waals surface area contributed by atoms with Gasteiger partial charge in [-0.2, -0.15) is 0 Å². The van der Waals surface area contributed by atoms with Gasteiger partial charge in [-0.1, -0.05) is 34.1 Å². The van der Waals surface area contributed by atoms with E-state index in [1.165, 1.54) is 44.9 Å². The molecular weight excluding hydrogens is 296 g/mol. The summed E-state index contributed by atoms with van der Waals surface area (Å²) in [5.74, 6) is 3.13. The number of rotatable bonds is 0. The second kappa shape index (κ2) is 5.11. The van der Waals surface area contributed by atoms with Crippen LogP contribution in [0.15, 0.2) is 11.8 Å². The summed E-state index contributed by atoms with van der Waals surface area (Å²) >= 11 is 0. The molecule has 4 rings (SSSR count). The van der Waals surface area contributed by atoms with E-state index in [0.717, 1.165) is 30.4 Å². The second-order valence-corrected chi connectivity index (χ2v) is 10.5. The first kappa shape index (κ1) is 16.7. The summed E-state index contributed by atoms with van der Waals surface area (Å²) in [6.45, 7) is 9.25. The highest BCUT2D eigenvalue weighted by atomic mass is 16.2. The lowest BCUT2D eigenvalue weighted by molar-refractivity contribution is -0.154. The SMILES string of the molecule is CC12CCCC1C1CC[C@H]3C(C)(C)C(=O)/C(=C\O)CC3(C)C1CC2. The lowest BCUT2D eigenvalue weighted by Crippen LogP contribution is -2.58. The van der Waals surface area contributed by atoms with E-state index in [9.17, 15) is 9.90 Å².